The number of halogens is 2. The van der Waals surface area contributed by atoms with Crippen LogP contribution >= 0.6 is 27.5 Å². The van der Waals surface area contributed by atoms with Gasteiger partial charge in [0, 0.05) is 18.1 Å². The summed E-state index contributed by atoms with van der Waals surface area (Å²) in [7, 11) is 1.39. The van der Waals surface area contributed by atoms with E-state index >= 15 is 0 Å². The maximum atomic E-state index is 11.9. The number of rotatable bonds is 6. The number of methoxy groups -OCH3 is 1. The van der Waals surface area contributed by atoms with Crippen LogP contribution in [0, 0.1) is 0 Å². The number of hydrogen-bond acceptors (Lipinski definition) is 3. The van der Waals surface area contributed by atoms with Crippen molar-refractivity contribution in [1.82, 2.24) is 5.32 Å². The molecule has 0 heterocycles. The van der Waals surface area contributed by atoms with Crippen molar-refractivity contribution in [3.63, 3.8) is 0 Å². The monoisotopic (exact) mass is 349 g/mol. The van der Waals surface area contributed by atoms with E-state index in [0.29, 0.717) is 10.6 Å². The van der Waals surface area contributed by atoms with Gasteiger partial charge in [-0.25, -0.2) is 0 Å². The molecule has 0 saturated carbocycles. The van der Waals surface area contributed by atoms with E-state index in [2.05, 4.69) is 21.2 Å². The first-order valence-electron chi connectivity index (χ1n) is 5.42. The number of amides is 1. The minimum atomic E-state index is -0.985. The second-order valence-corrected chi connectivity index (χ2v) is 5.11. The van der Waals surface area contributed by atoms with Gasteiger partial charge in [0.05, 0.1) is 23.1 Å². The van der Waals surface area contributed by atoms with Gasteiger partial charge in [0.1, 0.15) is 0 Å². The second kappa shape index (κ2) is 7.47. The summed E-state index contributed by atoms with van der Waals surface area (Å²) in [4.78, 5) is 22.5. The van der Waals surface area contributed by atoms with E-state index in [1.54, 1.807) is 18.2 Å². The minimum Gasteiger partial charge on any atom is -0.481 e. The summed E-state index contributed by atoms with van der Waals surface area (Å²) in [6, 6.07) is 4.92. The molecule has 0 radical (unpaired) electrons. The molecule has 0 spiro atoms. The smallest absolute Gasteiger partial charge is 0.306 e. The number of carboxylic acid groups (broad SMARTS) is 1. The fourth-order valence-corrected chi connectivity index (χ4v) is 1.97. The molecule has 2 N–H and O–H groups in total. The molecule has 104 valence electrons. The molecule has 1 aromatic carbocycles. The number of carboxylic acids is 1. The molecule has 0 saturated heterocycles. The van der Waals surface area contributed by atoms with Gasteiger partial charge in [0.15, 0.2) is 0 Å². The summed E-state index contributed by atoms with van der Waals surface area (Å²) in [5, 5.41) is 11.6. The lowest BCUT2D eigenvalue weighted by Gasteiger charge is -2.14. The third-order valence-corrected chi connectivity index (χ3v) is 3.22. The molecule has 1 amide bonds. The zero-order valence-electron chi connectivity index (χ0n) is 10.2. The third-order valence-electron chi connectivity index (χ3n) is 2.40. The Morgan fingerprint density at radius 1 is 1.53 bits per heavy atom. The highest BCUT2D eigenvalue weighted by Crippen LogP contribution is 2.20. The Morgan fingerprint density at radius 2 is 2.21 bits per heavy atom. The number of aliphatic carboxylic acids is 1. The molecule has 0 bridgehead atoms. The summed E-state index contributed by atoms with van der Waals surface area (Å²) in [5.74, 6) is -1.36. The van der Waals surface area contributed by atoms with Crippen LogP contribution in [0.3, 0.4) is 0 Å². The van der Waals surface area contributed by atoms with Crippen molar-refractivity contribution in [1.29, 1.82) is 0 Å². The Labute approximate surface area is 124 Å². The first-order chi connectivity index (χ1) is 8.93. The first-order valence-corrected chi connectivity index (χ1v) is 6.59. The van der Waals surface area contributed by atoms with Gasteiger partial charge in [-0.1, -0.05) is 27.5 Å². The normalized spacial score (nSPS) is 11.9. The van der Waals surface area contributed by atoms with E-state index in [4.69, 9.17) is 21.4 Å². The molecule has 1 unspecified atom stereocenters. The Kier molecular flexibility index (Phi) is 6.27. The first kappa shape index (κ1) is 15.9. The summed E-state index contributed by atoms with van der Waals surface area (Å²) in [6.07, 6.45) is -0.754. The van der Waals surface area contributed by atoms with Crippen LogP contribution in [0.4, 0.5) is 0 Å². The lowest BCUT2D eigenvalue weighted by Crippen LogP contribution is -2.34. The molecule has 1 rings (SSSR count). The van der Waals surface area contributed by atoms with Crippen molar-refractivity contribution in [3.8, 4) is 0 Å². The van der Waals surface area contributed by atoms with E-state index in [1.807, 2.05) is 0 Å². The Balaban J connectivity index is 2.64. The molecule has 0 aromatic heterocycles. The van der Waals surface area contributed by atoms with E-state index < -0.39 is 12.1 Å². The van der Waals surface area contributed by atoms with Gasteiger partial charge >= 0.3 is 5.97 Å². The minimum absolute atomic E-state index is 0.102. The highest BCUT2D eigenvalue weighted by molar-refractivity contribution is 9.10. The predicted molar refractivity (Wildman–Crippen MR) is 74.5 cm³/mol. The maximum absolute atomic E-state index is 11.9. The average Bonchev–Trinajstić information content (AvgIpc) is 2.36. The van der Waals surface area contributed by atoms with Crippen LogP contribution in [-0.2, 0) is 9.53 Å². The summed E-state index contributed by atoms with van der Waals surface area (Å²) < 4.78 is 5.70. The van der Waals surface area contributed by atoms with Gasteiger partial charge in [0.25, 0.3) is 5.91 Å². The summed E-state index contributed by atoms with van der Waals surface area (Å²) >= 11 is 9.17. The number of benzene rings is 1. The molecule has 0 fully saturated rings. The van der Waals surface area contributed by atoms with E-state index in [1.165, 1.54) is 7.11 Å². The number of hydrogen-bond donors (Lipinski definition) is 2. The zero-order chi connectivity index (χ0) is 14.4. The number of ether oxygens (including phenoxy) is 1. The second-order valence-electron chi connectivity index (χ2n) is 3.79. The van der Waals surface area contributed by atoms with Gasteiger partial charge in [-0.2, -0.15) is 0 Å². The molecular formula is C12H13BrClNO4. The molecule has 1 atom stereocenters. The van der Waals surface area contributed by atoms with Crippen molar-refractivity contribution in [3.05, 3.63) is 33.3 Å². The highest BCUT2D eigenvalue weighted by atomic mass is 79.9. The van der Waals surface area contributed by atoms with Crippen LogP contribution < -0.4 is 5.32 Å². The molecule has 5 nitrogen and oxygen atoms in total. The van der Waals surface area contributed by atoms with Crippen molar-refractivity contribution >= 4 is 39.4 Å². The molecule has 1 aromatic rings. The van der Waals surface area contributed by atoms with Gasteiger partial charge in [-0.05, 0) is 18.2 Å². The lowest BCUT2D eigenvalue weighted by atomic mass is 10.2. The van der Waals surface area contributed by atoms with Gasteiger partial charge < -0.3 is 15.2 Å². The summed E-state index contributed by atoms with van der Waals surface area (Å²) in [5.41, 5.74) is 0.321. The topological polar surface area (TPSA) is 75.6 Å². The van der Waals surface area contributed by atoms with E-state index in [0.717, 1.165) is 4.47 Å². The van der Waals surface area contributed by atoms with Gasteiger partial charge in [0.2, 0.25) is 0 Å². The molecule has 0 aliphatic rings. The summed E-state index contributed by atoms with van der Waals surface area (Å²) in [6.45, 7) is 0.102. The lowest BCUT2D eigenvalue weighted by molar-refractivity contribution is -0.139. The van der Waals surface area contributed by atoms with E-state index in [9.17, 15) is 9.59 Å². The zero-order valence-corrected chi connectivity index (χ0v) is 12.5. The van der Waals surface area contributed by atoms with Gasteiger partial charge in [-0.3, -0.25) is 9.59 Å². The van der Waals surface area contributed by atoms with E-state index in [-0.39, 0.29) is 18.9 Å². The molecule has 7 heteroatoms. The van der Waals surface area contributed by atoms with Crippen LogP contribution in [-0.4, -0.2) is 36.7 Å². The predicted octanol–water partition coefficient (Wildman–Crippen LogP) is 2.32. The average molecular weight is 351 g/mol. The van der Waals surface area contributed by atoms with Crippen LogP contribution in [0.25, 0.3) is 0 Å². The number of nitrogens with one attached hydrogen (secondary N) is 1. The standard InChI is InChI=1S/C12H13BrClNO4/c1-19-8(5-11(16)17)6-15-12(18)9-4-7(13)2-3-10(9)14/h2-4,8H,5-6H2,1H3,(H,15,18)(H,16,17). The SMILES string of the molecule is COC(CNC(=O)c1cc(Br)ccc1Cl)CC(=O)O. The van der Waals surface area contributed by atoms with Crippen LogP contribution in [0.5, 0.6) is 0 Å². The number of carbonyl (C=O) groups excluding carboxylic acids is 1. The fraction of sp³-hybridized carbons (Fsp3) is 0.333. The van der Waals surface area contributed by atoms with Crippen molar-refractivity contribution in [2.24, 2.45) is 0 Å². The molecule has 19 heavy (non-hydrogen) atoms. The molecule has 0 aliphatic carbocycles. The highest BCUT2D eigenvalue weighted by Gasteiger charge is 2.16. The van der Waals surface area contributed by atoms with Crippen molar-refractivity contribution in [2.45, 2.75) is 12.5 Å². The van der Waals surface area contributed by atoms with Crippen LogP contribution in [0.1, 0.15) is 16.8 Å². The van der Waals surface area contributed by atoms with Gasteiger partial charge in [-0.15, -0.1) is 0 Å². The number of carbonyl (C=O) groups is 2. The fourth-order valence-electron chi connectivity index (χ4n) is 1.41. The quantitative estimate of drug-likeness (QED) is 0.825. The van der Waals surface area contributed by atoms with Crippen LogP contribution in [0.2, 0.25) is 5.02 Å². The molecule has 0 aliphatic heterocycles. The maximum Gasteiger partial charge on any atom is 0.306 e. The molecular weight excluding hydrogens is 337 g/mol. The Hall–Kier alpha value is -1.11. The Bertz CT molecular complexity index is 481. The third kappa shape index (κ3) is 5.18. The van der Waals surface area contributed by atoms with Crippen molar-refractivity contribution < 1.29 is 19.4 Å². The van der Waals surface area contributed by atoms with Crippen molar-refractivity contribution in [2.75, 3.05) is 13.7 Å². The Morgan fingerprint density at radius 3 is 2.79 bits per heavy atom. The largest absolute Gasteiger partial charge is 0.481 e. The van der Waals surface area contributed by atoms with Crippen LogP contribution in [0.15, 0.2) is 22.7 Å².